The molecule has 1 rings (SSSR count). The molecule has 0 aromatic rings. The number of rotatable bonds is 7. The van der Waals surface area contributed by atoms with E-state index in [0.29, 0.717) is 5.25 Å². The van der Waals surface area contributed by atoms with Crippen molar-refractivity contribution in [2.45, 2.75) is 56.9 Å². The van der Waals surface area contributed by atoms with Crippen LogP contribution in [-0.2, 0) is 10.2 Å². The first kappa shape index (κ1) is 17.8. The highest BCUT2D eigenvalue weighted by Crippen LogP contribution is 2.33. The summed E-state index contributed by atoms with van der Waals surface area (Å²) < 4.78 is 27.9. The fraction of sp³-hybridized carbons (Fsp3) is 0.923. The van der Waals surface area contributed by atoms with Gasteiger partial charge in [0.05, 0.1) is 12.5 Å². The average Bonchev–Trinajstić information content (AvgIpc) is 2.86. The Labute approximate surface area is 127 Å². The Morgan fingerprint density at radius 3 is 2.60 bits per heavy atom. The molecule has 0 bridgehead atoms. The van der Waals surface area contributed by atoms with Gasteiger partial charge in [0, 0.05) is 31.4 Å². The molecule has 116 valence electrons. The molecule has 1 aliphatic rings. The Balaban J connectivity index is 2.71. The summed E-state index contributed by atoms with van der Waals surface area (Å²) in [5.41, 5.74) is 0. The van der Waals surface area contributed by atoms with Crippen molar-refractivity contribution < 1.29 is 8.42 Å². The van der Waals surface area contributed by atoms with Crippen LogP contribution in [0, 0.1) is 11.3 Å². The minimum atomic E-state index is -3.48. The van der Waals surface area contributed by atoms with Crippen LogP contribution >= 0.6 is 11.8 Å². The van der Waals surface area contributed by atoms with Crippen molar-refractivity contribution in [2.24, 2.45) is 0 Å². The van der Waals surface area contributed by atoms with Crippen LogP contribution in [0.4, 0.5) is 0 Å². The lowest BCUT2D eigenvalue weighted by Gasteiger charge is -2.31. The van der Waals surface area contributed by atoms with E-state index in [0.717, 1.165) is 25.0 Å². The summed E-state index contributed by atoms with van der Waals surface area (Å²) in [7, 11) is -0.258. The van der Waals surface area contributed by atoms with Gasteiger partial charge in [0.2, 0.25) is 0 Å². The zero-order valence-corrected chi connectivity index (χ0v) is 14.4. The monoisotopic (exact) mass is 319 g/mol. The molecule has 0 radical (unpaired) electrons. The van der Waals surface area contributed by atoms with E-state index in [9.17, 15) is 8.42 Å². The van der Waals surface area contributed by atoms with Crippen LogP contribution in [0.3, 0.4) is 0 Å². The molecule has 0 spiro atoms. The van der Waals surface area contributed by atoms with Crippen molar-refractivity contribution in [1.82, 2.24) is 8.61 Å². The number of hydrogen-bond acceptors (Lipinski definition) is 4. The molecule has 0 unspecified atom stereocenters. The topological polar surface area (TPSA) is 64.4 Å². The van der Waals surface area contributed by atoms with Crippen molar-refractivity contribution in [2.75, 3.05) is 19.8 Å². The van der Waals surface area contributed by atoms with E-state index in [1.54, 1.807) is 21.0 Å². The number of nitrogens with zero attached hydrogens (tertiary/aromatic N) is 3. The quantitative estimate of drug-likeness (QED) is 0.720. The van der Waals surface area contributed by atoms with Gasteiger partial charge in [-0.05, 0) is 31.9 Å². The van der Waals surface area contributed by atoms with Gasteiger partial charge in [-0.2, -0.15) is 34.1 Å². The zero-order valence-electron chi connectivity index (χ0n) is 12.7. The molecule has 7 heteroatoms. The van der Waals surface area contributed by atoms with Crippen LogP contribution in [0.1, 0.15) is 39.5 Å². The SMILES string of the molecule is CCS[C@@H]1CC[C@@H](N(C)S(=O)(=O)N(C)[C@@H](C)CC#N)C1. The lowest BCUT2D eigenvalue weighted by molar-refractivity contribution is 0.310. The van der Waals surface area contributed by atoms with E-state index >= 15 is 0 Å². The Morgan fingerprint density at radius 1 is 1.40 bits per heavy atom. The predicted molar refractivity (Wildman–Crippen MR) is 83.7 cm³/mol. The zero-order chi connectivity index (χ0) is 15.3. The summed E-state index contributed by atoms with van der Waals surface area (Å²) >= 11 is 1.92. The molecular weight excluding hydrogens is 294 g/mol. The van der Waals surface area contributed by atoms with E-state index in [1.807, 2.05) is 17.8 Å². The summed E-state index contributed by atoms with van der Waals surface area (Å²) in [6, 6.07) is 1.81. The number of hydrogen-bond donors (Lipinski definition) is 0. The first-order valence-electron chi connectivity index (χ1n) is 7.04. The second kappa shape index (κ2) is 7.64. The highest BCUT2D eigenvalue weighted by molar-refractivity contribution is 7.99. The van der Waals surface area contributed by atoms with Crippen molar-refractivity contribution in [3.63, 3.8) is 0 Å². The van der Waals surface area contributed by atoms with Gasteiger partial charge in [0.15, 0.2) is 0 Å². The van der Waals surface area contributed by atoms with Crippen LogP contribution < -0.4 is 0 Å². The largest absolute Gasteiger partial charge is 0.281 e. The van der Waals surface area contributed by atoms with E-state index < -0.39 is 10.2 Å². The minimum Gasteiger partial charge on any atom is -0.198 e. The van der Waals surface area contributed by atoms with Gasteiger partial charge in [0.1, 0.15) is 0 Å². The van der Waals surface area contributed by atoms with Crippen LogP contribution in [0.2, 0.25) is 0 Å². The molecule has 0 saturated heterocycles. The molecule has 0 N–H and O–H groups in total. The van der Waals surface area contributed by atoms with Crippen LogP contribution in [-0.4, -0.2) is 54.2 Å². The van der Waals surface area contributed by atoms with Gasteiger partial charge in [-0.1, -0.05) is 6.92 Å². The molecule has 0 heterocycles. The summed E-state index contributed by atoms with van der Waals surface area (Å²) in [6.07, 6.45) is 3.14. The lowest BCUT2D eigenvalue weighted by Crippen LogP contribution is -2.47. The molecule has 1 aliphatic carbocycles. The van der Waals surface area contributed by atoms with Crippen LogP contribution in [0.25, 0.3) is 0 Å². The Morgan fingerprint density at radius 2 is 2.05 bits per heavy atom. The molecule has 1 saturated carbocycles. The van der Waals surface area contributed by atoms with Crippen molar-refractivity contribution >= 4 is 22.0 Å². The maximum atomic E-state index is 12.5. The molecule has 0 amide bonds. The molecular formula is C13H25N3O2S2. The second-order valence-corrected chi connectivity index (χ2v) is 8.92. The van der Waals surface area contributed by atoms with E-state index in [1.165, 1.54) is 8.61 Å². The van der Waals surface area contributed by atoms with E-state index in [2.05, 4.69) is 6.92 Å². The molecule has 5 nitrogen and oxygen atoms in total. The van der Waals surface area contributed by atoms with Gasteiger partial charge < -0.3 is 0 Å². The third-order valence-corrected chi connectivity index (χ3v) is 7.36. The lowest BCUT2D eigenvalue weighted by atomic mass is 10.3. The van der Waals surface area contributed by atoms with Crippen LogP contribution in [0.5, 0.6) is 0 Å². The predicted octanol–water partition coefficient (Wildman–Crippen LogP) is 2.07. The van der Waals surface area contributed by atoms with Gasteiger partial charge in [-0.25, -0.2) is 0 Å². The Bertz CT molecular complexity index is 447. The first-order chi connectivity index (χ1) is 9.34. The molecule has 0 aliphatic heterocycles. The van der Waals surface area contributed by atoms with Gasteiger partial charge in [-0.15, -0.1) is 0 Å². The normalized spacial score (nSPS) is 25.1. The molecule has 3 atom stereocenters. The fourth-order valence-corrected chi connectivity index (χ4v) is 5.15. The highest BCUT2D eigenvalue weighted by atomic mass is 32.2. The Hall–Kier alpha value is -0.290. The minimum absolute atomic E-state index is 0.0841. The third kappa shape index (κ3) is 4.10. The van der Waals surface area contributed by atoms with Crippen molar-refractivity contribution in [1.29, 1.82) is 5.26 Å². The summed E-state index contributed by atoms with van der Waals surface area (Å²) in [4.78, 5) is 0. The third-order valence-electron chi connectivity index (χ3n) is 4.01. The average molecular weight is 319 g/mol. The summed E-state index contributed by atoms with van der Waals surface area (Å²) in [6.45, 7) is 3.90. The van der Waals surface area contributed by atoms with E-state index in [-0.39, 0.29) is 18.5 Å². The van der Waals surface area contributed by atoms with E-state index in [4.69, 9.17) is 5.26 Å². The fourth-order valence-electron chi connectivity index (χ4n) is 2.51. The standard InChI is InChI=1S/C13H25N3O2S2/c1-5-19-13-7-6-12(10-13)16(4)20(17,18)15(3)11(2)8-9-14/h11-13H,5-8,10H2,1-4H3/t11-,12+,13+/m0/s1. The maximum absolute atomic E-state index is 12.5. The van der Waals surface area contributed by atoms with Crippen molar-refractivity contribution in [3.8, 4) is 6.07 Å². The molecule has 0 aromatic carbocycles. The van der Waals surface area contributed by atoms with Crippen molar-refractivity contribution in [3.05, 3.63) is 0 Å². The van der Waals surface area contributed by atoms with Gasteiger partial charge in [-0.3, -0.25) is 0 Å². The number of thioether (sulfide) groups is 1. The van der Waals surface area contributed by atoms with Gasteiger partial charge >= 0.3 is 0 Å². The van der Waals surface area contributed by atoms with Crippen LogP contribution in [0.15, 0.2) is 0 Å². The molecule has 20 heavy (non-hydrogen) atoms. The summed E-state index contributed by atoms with van der Waals surface area (Å²) in [5.74, 6) is 1.08. The summed E-state index contributed by atoms with van der Waals surface area (Å²) in [5, 5.41) is 9.28. The second-order valence-electron chi connectivity index (χ2n) is 5.30. The Kier molecular flexibility index (Phi) is 6.79. The molecule has 0 aromatic heterocycles. The highest BCUT2D eigenvalue weighted by Gasteiger charge is 2.36. The molecule has 1 fully saturated rings. The van der Waals surface area contributed by atoms with Gasteiger partial charge in [0.25, 0.3) is 10.2 Å². The number of nitriles is 1. The smallest absolute Gasteiger partial charge is 0.198 e. The maximum Gasteiger partial charge on any atom is 0.281 e. The first-order valence-corrected chi connectivity index (χ1v) is 9.48.